The molecule has 0 spiro atoms. The molecule has 3 rings (SSSR count). The summed E-state index contributed by atoms with van der Waals surface area (Å²) in [6.45, 7) is 1.63. The summed E-state index contributed by atoms with van der Waals surface area (Å²) in [5, 5.41) is 2.91. The summed E-state index contributed by atoms with van der Waals surface area (Å²) in [5.74, 6) is -0.170. The van der Waals surface area contributed by atoms with Crippen LogP contribution in [-0.2, 0) is 20.7 Å². The zero-order valence-electron chi connectivity index (χ0n) is 14.8. The van der Waals surface area contributed by atoms with Gasteiger partial charge in [0.1, 0.15) is 12.6 Å². The molecule has 1 heterocycles. The van der Waals surface area contributed by atoms with Crippen molar-refractivity contribution < 1.29 is 14.3 Å². The van der Waals surface area contributed by atoms with E-state index in [4.69, 9.17) is 4.74 Å². The minimum Gasteiger partial charge on any atom is -0.368 e. The van der Waals surface area contributed by atoms with Gasteiger partial charge in [-0.15, -0.1) is 0 Å². The highest BCUT2D eigenvalue weighted by molar-refractivity contribution is 5.88. The predicted molar refractivity (Wildman–Crippen MR) is 96.1 cm³/mol. The third kappa shape index (κ3) is 5.30. The van der Waals surface area contributed by atoms with E-state index < -0.39 is 6.04 Å². The van der Waals surface area contributed by atoms with E-state index in [1.165, 1.54) is 12.8 Å². The van der Waals surface area contributed by atoms with Crippen molar-refractivity contribution >= 4 is 11.8 Å². The number of likely N-dealkylation sites (tertiary alicyclic amines) is 1. The molecule has 1 saturated carbocycles. The average molecular weight is 344 g/mol. The van der Waals surface area contributed by atoms with Crippen molar-refractivity contribution in [3.8, 4) is 0 Å². The third-order valence-electron chi connectivity index (χ3n) is 5.09. The number of benzene rings is 1. The monoisotopic (exact) mass is 344 g/mol. The van der Waals surface area contributed by atoms with E-state index in [2.05, 4.69) is 5.32 Å². The van der Waals surface area contributed by atoms with Gasteiger partial charge in [-0.2, -0.15) is 0 Å². The van der Waals surface area contributed by atoms with E-state index in [1.807, 2.05) is 35.2 Å². The molecule has 1 aliphatic carbocycles. The lowest BCUT2D eigenvalue weighted by molar-refractivity contribution is -0.137. The molecule has 2 amide bonds. The van der Waals surface area contributed by atoms with E-state index >= 15 is 0 Å². The molecule has 5 heteroatoms. The molecule has 1 saturated heterocycles. The second-order valence-corrected chi connectivity index (χ2v) is 7.06. The van der Waals surface area contributed by atoms with Crippen LogP contribution in [0.4, 0.5) is 0 Å². The minimum absolute atomic E-state index is 0.0237. The van der Waals surface area contributed by atoms with Crippen LogP contribution in [0.3, 0.4) is 0 Å². The first kappa shape index (κ1) is 17.9. The molecule has 1 N–H and O–H groups in total. The van der Waals surface area contributed by atoms with Gasteiger partial charge >= 0.3 is 0 Å². The molecule has 2 aliphatic rings. The fraction of sp³-hybridized carbons (Fsp3) is 0.600. The highest BCUT2D eigenvalue weighted by atomic mass is 16.5. The number of ether oxygens (including phenoxy) is 1. The average Bonchev–Trinajstić information content (AvgIpc) is 3.33. The van der Waals surface area contributed by atoms with Crippen LogP contribution in [0.15, 0.2) is 30.3 Å². The summed E-state index contributed by atoms with van der Waals surface area (Å²) < 4.78 is 5.68. The number of carbonyl (C=O) groups is 2. The van der Waals surface area contributed by atoms with Crippen molar-refractivity contribution in [1.29, 1.82) is 0 Å². The smallest absolute Gasteiger partial charge is 0.246 e. The lowest BCUT2D eigenvalue weighted by Crippen LogP contribution is -2.50. The van der Waals surface area contributed by atoms with Gasteiger partial charge in [0.15, 0.2) is 0 Å². The molecule has 136 valence electrons. The van der Waals surface area contributed by atoms with Gasteiger partial charge < -0.3 is 15.0 Å². The number of hydrogen-bond acceptors (Lipinski definition) is 3. The molecule has 1 atom stereocenters. The molecule has 1 aromatic rings. The standard InChI is InChI=1S/C20H28N2O3/c23-19(15-25-17-10-4-5-11-17)21-18(14-16-8-2-1-3-9-16)20(24)22-12-6-7-13-22/h1-3,8-9,17-18H,4-7,10-15H2,(H,21,23). The fourth-order valence-electron chi connectivity index (χ4n) is 3.69. The third-order valence-corrected chi connectivity index (χ3v) is 5.09. The van der Waals surface area contributed by atoms with Gasteiger partial charge in [0, 0.05) is 19.5 Å². The molecule has 5 nitrogen and oxygen atoms in total. The molecule has 1 aromatic carbocycles. The Morgan fingerprint density at radius 2 is 1.76 bits per heavy atom. The summed E-state index contributed by atoms with van der Waals surface area (Å²) >= 11 is 0. The SMILES string of the molecule is O=C(COC1CCCC1)NC(Cc1ccccc1)C(=O)N1CCCC1. The zero-order valence-corrected chi connectivity index (χ0v) is 14.8. The Hall–Kier alpha value is -1.88. The lowest BCUT2D eigenvalue weighted by Gasteiger charge is -2.24. The number of carbonyl (C=O) groups excluding carboxylic acids is 2. The Balaban J connectivity index is 1.58. The predicted octanol–water partition coefficient (Wildman–Crippen LogP) is 2.30. The van der Waals surface area contributed by atoms with Crippen molar-refractivity contribution in [3.63, 3.8) is 0 Å². The normalized spacial score (nSPS) is 19.1. The van der Waals surface area contributed by atoms with Crippen LogP contribution in [0.1, 0.15) is 44.1 Å². The van der Waals surface area contributed by atoms with E-state index in [0.717, 1.165) is 44.3 Å². The number of rotatable bonds is 7. The molecular weight excluding hydrogens is 316 g/mol. The quantitative estimate of drug-likeness (QED) is 0.826. The van der Waals surface area contributed by atoms with Crippen LogP contribution in [0.25, 0.3) is 0 Å². The molecule has 0 bridgehead atoms. The maximum Gasteiger partial charge on any atom is 0.246 e. The van der Waals surface area contributed by atoms with Gasteiger partial charge in [0.05, 0.1) is 6.10 Å². The molecule has 25 heavy (non-hydrogen) atoms. The molecule has 1 aliphatic heterocycles. The first-order chi connectivity index (χ1) is 12.2. The zero-order chi connectivity index (χ0) is 17.5. The Kier molecular flexibility index (Phi) is 6.45. The van der Waals surface area contributed by atoms with Gasteiger partial charge in [-0.05, 0) is 31.2 Å². The highest BCUT2D eigenvalue weighted by Crippen LogP contribution is 2.20. The van der Waals surface area contributed by atoms with Gasteiger partial charge in [0.25, 0.3) is 0 Å². The number of amides is 2. The van der Waals surface area contributed by atoms with E-state index in [0.29, 0.717) is 6.42 Å². The van der Waals surface area contributed by atoms with Crippen molar-refractivity contribution in [2.75, 3.05) is 19.7 Å². The first-order valence-electron chi connectivity index (χ1n) is 9.46. The van der Waals surface area contributed by atoms with Crippen molar-refractivity contribution in [3.05, 3.63) is 35.9 Å². The van der Waals surface area contributed by atoms with Crippen LogP contribution >= 0.6 is 0 Å². The minimum atomic E-state index is -0.514. The first-order valence-corrected chi connectivity index (χ1v) is 9.46. The van der Waals surface area contributed by atoms with E-state index in [9.17, 15) is 9.59 Å². The Bertz CT molecular complexity index is 564. The van der Waals surface area contributed by atoms with Crippen molar-refractivity contribution in [1.82, 2.24) is 10.2 Å². The molecule has 0 aromatic heterocycles. The second-order valence-electron chi connectivity index (χ2n) is 7.06. The summed E-state index contributed by atoms with van der Waals surface area (Å²) in [7, 11) is 0. The molecule has 2 fully saturated rings. The maximum absolute atomic E-state index is 12.8. The number of nitrogens with one attached hydrogen (secondary N) is 1. The second kappa shape index (κ2) is 8.99. The van der Waals surface area contributed by atoms with Crippen molar-refractivity contribution in [2.45, 2.75) is 57.1 Å². The largest absolute Gasteiger partial charge is 0.368 e. The summed E-state index contributed by atoms with van der Waals surface area (Å²) in [6, 6.07) is 9.33. The summed E-state index contributed by atoms with van der Waals surface area (Å²) in [6.07, 6.45) is 7.23. The fourth-order valence-corrected chi connectivity index (χ4v) is 3.69. The van der Waals surface area contributed by atoms with Crippen LogP contribution in [0, 0.1) is 0 Å². The Labute approximate surface area is 149 Å². The van der Waals surface area contributed by atoms with Crippen LogP contribution < -0.4 is 5.32 Å². The lowest BCUT2D eigenvalue weighted by atomic mass is 10.0. The van der Waals surface area contributed by atoms with Gasteiger partial charge in [-0.25, -0.2) is 0 Å². The molecule has 1 unspecified atom stereocenters. The van der Waals surface area contributed by atoms with E-state index in [-0.39, 0.29) is 24.5 Å². The topological polar surface area (TPSA) is 58.6 Å². The van der Waals surface area contributed by atoms with Crippen LogP contribution in [-0.4, -0.2) is 48.6 Å². The van der Waals surface area contributed by atoms with E-state index in [1.54, 1.807) is 0 Å². The Morgan fingerprint density at radius 1 is 1.08 bits per heavy atom. The number of hydrogen-bond donors (Lipinski definition) is 1. The number of nitrogens with zero attached hydrogens (tertiary/aromatic N) is 1. The van der Waals surface area contributed by atoms with Gasteiger partial charge in [0.2, 0.25) is 11.8 Å². The molecule has 0 radical (unpaired) electrons. The van der Waals surface area contributed by atoms with Gasteiger partial charge in [-0.1, -0.05) is 43.2 Å². The maximum atomic E-state index is 12.8. The van der Waals surface area contributed by atoms with Crippen molar-refractivity contribution in [2.24, 2.45) is 0 Å². The highest BCUT2D eigenvalue weighted by Gasteiger charge is 2.28. The summed E-state index contributed by atoms with van der Waals surface area (Å²) in [5.41, 5.74) is 1.05. The van der Waals surface area contributed by atoms with Crippen LogP contribution in [0.2, 0.25) is 0 Å². The molecular formula is C20H28N2O3. The van der Waals surface area contributed by atoms with Gasteiger partial charge in [-0.3, -0.25) is 9.59 Å². The summed E-state index contributed by atoms with van der Waals surface area (Å²) in [4.78, 5) is 27.0. The van der Waals surface area contributed by atoms with Crippen LogP contribution in [0.5, 0.6) is 0 Å². The Morgan fingerprint density at radius 3 is 2.44 bits per heavy atom.